The number of benzene rings is 1. The molecule has 0 spiro atoms. The van der Waals surface area contributed by atoms with Crippen LogP contribution in [-0.2, 0) is 11.3 Å². The number of carbonyl (C=O) groups excluding carboxylic acids is 1. The van der Waals surface area contributed by atoms with Gasteiger partial charge in [0.15, 0.2) is 5.78 Å². The molecule has 0 saturated carbocycles. The van der Waals surface area contributed by atoms with Gasteiger partial charge in [0.05, 0.1) is 11.1 Å². The van der Waals surface area contributed by atoms with Gasteiger partial charge >= 0.3 is 0 Å². The Morgan fingerprint density at radius 2 is 2.35 bits per heavy atom. The van der Waals surface area contributed by atoms with Gasteiger partial charge in [0.2, 0.25) is 6.86 Å². The van der Waals surface area contributed by atoms with Crippen molar-refractivity contribution in [2.24, 2.45) is 10.7 Å². The second kappa shape index (κ2) is 7.89. The first-order chi connectivity index (χ1) is 11.0. The van der Waals surface area contributed by atoms with Crippen LogP contribution in [0, 0.1) is 0 Å². The number of nitrogens with two attached hydrogens (primary N) is 1. The molecular formula is C16H17ClFN3O2. The van der Waals surface area contributed by atoms with Gasteiger partial charge in [-0.25, -0.2) is 4.39 Å². The monoisotopic (exact) mass is 337 g/mol. The molecule has 7 heteroatoms. The van der Waals surface area contributed by atoms with Crippen LogP contribution in [0.1, 0.15) is 12.5 Å². The number of ketones is 1. The molecule has 1 aromatic rings. The minimum Gasteiger partial charge on any atom is -0.461 e. The number of rotatable bonds is 6. The summed E-state index contributed by atoms with van der Waals surface area (Å²) in [7, 11) is 0. The number of Topliss-reactive ketones (excluding diaryl/α,β-unsaturated/α-hetero) is 1. The number of alkyl halides is 1. The highest BCUT2D eigenvalue weighted by atomic mass is 35.5. The van der Waals surface area contributed by atoms with Crippen molar-refractivity contribution < 1.29 is 13.9 Å². The molecule has 1 atom stereocenters. The number of hydrogen-bond donors (Lipinski definition) is 2. The summed E-state index contributed by atoms with van der Waals surface area (Å²) in [5.41, 5.74) is 7.81. The number of carbonyl (C=O) groups is 1. The Labute approximate surface area is 138 Å². The Hall–Kier alpha value is -2.18. The van der Waals surface area contributed by atoms with Gasteiger partial charge in [-0.2, -0.15) is 0 Å². The molecule has 0 bridgehead atoms. The highest BCUT2D eigenvalue weighted by Crippen LogP contribution is 2.25. The first kappa shape index (κ1) is 17.2. The molecule has 3 N–H and O–H groups in total. The van der Waals surface area contributed by atoms with Crippen molar-refractivity contribution in [1.29, 1.82) is 0 Å². The number of halogens is 2. The van der Waals surface area contributed by atoms with Gasteiger partial charge in [-0.05, 0) is 23.8 Å². The highest BCUT2D eigenvalue weighted by Gasteiger charge is 2.19. The van der Waals surface area contributed by atoms with Crippen LogP contribution in [0.25, 0.3) is 0 Å². The second-order valence-corrected chi connectivity index (χ2v) is 5.31. The summed E-state index contributed by atoms with van der Waals surface area (Å²) in [4.78, 5) is 15.6. The average Bonchev–Trinajstić information content (AvgIpc) is 2.51. The van der Waals surface area contributed by atoms with E-state index in [1.807, 2.05) is 0 Å². The minimum absolute atomic E-state index is 0.145. The average molecular weight is 338 g/mol. The standard InChI is InChI=1S/C16H17ClFN3O2/c1-10(22)16-12(14(19)4-5-21-16)8-20-7-11-2-3-15(23-9-18)13(17)6-11/h2-6,8,14,20H,7,9,19H2,1H3/b12-8+. The van der Waals surface area contributed by atoms with E-state index in [1.54, 1.807) is 30.5 Å². The van der Waals surface area contributed by atoms with Crippen LogP contribution in [0.5, 0.6) is 5.75 Å². The molecule has 0 aliphatic carbocycles. The van der Waals surface area contributed by atoms with Crippen LogP contribution in [0.3, 0.4) is 0 Å². The van der Waals surface area contributed by atoms with Crippen LogP contribution in [0.4, 0.5) is 4.39 Å². The van der Waals surface area contributed by atoms with Gasteiger partial charge in [0, 0.05) is 31.4 Å². The number of ether oxygens (including phenoxy) is 1. The van der Waals surface area contributed by atoms with Gasteiger partial charge < -0.3 is 15.8 Å². The number of hydrogen-bond acceptors (Lipinski definition) is 5. The molecule has 1 aliphatic heterocycles. The zero-order valence-corrected chi connectivity index (χ0v) is 13.3. The van der Waals surface area contributed by atoms with E-state index >= 15 is 0 Å². The second-order valence-electron chi connectivity index (χ2n) is 4.90. The third kappa shape index (κ3) is 4.40. The van der Waals surface area contributed by atoms with Crippen LogP contribution >= 0.6 is 11.6 Å². The van der Waals surface area contributed by atoms with Crippen molar-refractivity contribution in [2.75, 3.05) is 6.86 Å². The summed E-state index contributed by atoms with van der Waals surface area (Å²) < 4.78 is 16.9. The molecule has 1 aromatic carbocycles. The fourth-order valence-electron chi connectivity index (χ4n) is 2.11. The largest absolute Gasteiger partial charge is 0.461 e. The van der Waals surface area contributed by atoms with Gasteiger partial charge in [-0.3, -0.25) is 9.79 Å². The van der Waals surface area contributed by atoms with E-state index in [4.69, 9.17) is 22.1 Å². The topological polar surface area (TPSA) is 76.7 Å². The molecule has 5 nitrogen and oxygen atoms in total. The molecule has 2 rings (SSSR count). The predicted molar refractivity (Wildman–Crippen MR) is 88.2 cm³/mol. The predicted octanol–water partition coefficient (Wildman–Crippen LogP) is 2.50. The summed E-state index contributed by atoms with van der Waals surface area (Å²) in [5.74, 6) is 0.148. The Bertz CT molecular complexity index is 686. The van der Waals surface area contributed by atoms with E-state index in [0.29, 0.717) is 28.6 Å². The van der Waals surface area contributed by atoms with Crippen molar-refractivity contribution in [3.63, 3.8) is 0 Å². The molecule has 1 unspecified atom stereocenters. The molecule has 0 amide bonds. The normalized spacial score (nSPS) is 18.7. The first-order valence-corrected chi connectivity index (χ1v) is 7.32. The zero-order valence-electron chi connectivity index (χ0n) is 12.6. The lowest BCUT2D eigenvalue weighted by atomic mass is 9.99. The van der Waals surface area contributed by atoms with E-state index < -0.39 is 6.86 Å². The summed E-state index contributed by atoms with van der Waals surface area (Å²) in [6, 6.07) is 4.66. The maximum absolute atomic E-state index is 12.1. The lowest BCUT2D eigenvalue weighted by Gasteiger charge is -2.17. The molecule has 0 aromatic heterocycles. The first-order valence-electron chi connectivity index (χ1n) is 6.95. The van der Waals surface area contributed by atoms with Crippen molar-refractivity contribution >= 4 is 23.1 Å². The molecule has 0 saturated heterocycles. The Morgan fingerprint density at radius 1 is 1.57 bits per heavy atom. The molecule has 23 heavy (non-hydrogen) atoms. The summed E-state index contributed by atoms with van der Waals surface area (Å²) in [5, 5.41) is 3.41. The highest BCUT2D eigenvalue weighted by molar-refractivity contribution is 6.46. The lowest BCUT2D eigenvalue weighted by molar-refractivity contribution is -0.111. The molecule has 1 aliphatic rings. The van der Waals surface area contributed by atoms with Crippen molar-refractivity contribution in [1.82, 2.24) is 5.32 Å². The van der Waals surface area contributed by atoms with Crippen LogP contribution in [-0.4, -0.2) is 24.4 Å². The van der Waals surface area contributed by atoms with Gasteiger partial charge in [-0.1, -0.05) is 17.7 Å². The van der Waals surface area contributed by atoms with E-state index in [1.165, 1.54) is 13.1 Å². The lowest BCUT2D eigenvalue weighted by Crippen LogP contribution is -2.32. The molecule has 0 radical (unpaired) electrons. The molecule has 122 valence electrons. The molecular weight excluding hydrogens is 321 g/mol. The van der Waals surface area contributed by atoms with Crippen LogP contribution in [0.15, 0.2) is 47.2 Å². The number of aliphatic imine (C=N–C) groups is 1. The SMILES string of the molecule is CC(=O)C1=NC=CC(N)/C1=C\NCc1ccc(OCF)c(Cl)c1. The van der Waals surface area contributed by atoms with E-state index in [0.717, 1.165) is 5.56 Å². The summed E-state index contributed by atoms with van der Waals surface area (Å²) in [6.45, 7) is 0.977. The smallest absolute Gasteiger partial charge is 0.228 e. The fraction of sp³-hybridized carbons (Fsp3) is 0.250. The quantitative estimate of drug-likeness (QED) is 0.836. The maximum atomic E-state index is 12.1. The number of nitrogens with one attached hydrogen (secondary N) is 1. The number of nitrogens with zero attached hydrogens (tertiary/aromatic N) is 1. The maximum Gasteiger partial charge on any atom is 0.228 e. The van der Waals surface area contributed by atoms with Crippen molar-refractivity contribution in [3.05, 3.63) is 52.8 Å². The van der Waals surface area contributed by atoms with Gasteiger partial charge in [0.25, 0.3) is 0 Å². The third-order valence-corrected chi connectivity index (χ3v) is 3.53. The fourth-order valence-corrected chi connectivity index (χ4v) is 2.37. The van der Waals surface area contributed by atoms with Crippen LogP contribution < -0.4 is 15.8 Å². The third-order valence-electron chi connectivity index (χ3n) is 3.23. The Kier molecular flexibility index (Phi) is 5.90. The van der Waals surface area contributed by atoms with Crippen LogP contribution in [0.2, 0.25) is 5.02 Å². The van der Waals surface area contributed by atoms with Crippen molar-refractivity contribution in [2.45, 2.75) is 19.5 Å². The van der Waals surface area contributed by atoms with E-state index in [-0.39, 0.29) is 11.8 Å². The zero-order chi connectivity index (χ0) is 16.8. The molecule has 0 fully saturated rings. The van der Waals surface area contributed by atoms with Gasteiger partial charge in [-0.15, -0.1) is 0 Å². The van der Waals surface area contributed by atoms with Gasteiger partial charge in [0.1, 0.15) is 11.5 Å². The molecule has 1 heterocycles. The van der Waals surface area contributed by atoms with E-state index in [9.17, 15) is 9.18 Å². The Balaban J connectivity index is 2.06. The van der Waals surface area contributed by atoms with E-state index in [2.05, 4.69) is 10.3 Å². The van der Waals surface area contributed by atoms with Crippen molar-refractivity contribution in [3.8, 4) is 5.75 Å². The minimum atomic E-state index is -0.929. The summed E-state index contributed by atoms with van der Waals surface area (Å²) >= 11 is 6.00. The Morgan fingerprint density at radius 3 is 3.00 bits per heavy atom. The summed E-state index contributed by atoms with van der Waals surface area (Å²) in [6.07, 6.45) is 4.91.